The maximum atomic E-state index is 12.3. The van der Waals surface area contributed by atoms with E-state index in [1.54, 1.807) is 0 Å². The molecule has 2 saturated heterocycles. The molecule has 176 valence electrons. The molecule has 32 heavy (non-hydrogen) atoms. The van der Waals surface area contributed by atoms with Gasteiger partial charge in [-0.15, -0.1) is 12.6 Å². The second kappa shape index (κ2) is 11.7. The van der Waals surface area contributed by atoms with Crippen LogP contribution in [-0.4, -0.2) is 65.2 Å². The first kappa shape index (κ1) is 24.5. The van der Waals surface area contributed by atoms with Gasteiger partial charge in [0.15, 0.2) is 5.56 Å². The van der Waals surface area contributed by atoms with Gasteiger partial charge >= 0.3 is 0 Å². The molecule has 2 atom stereocenters. The van der Waals surface area contributed by atoms with Gasteiger partial charge in [-0.3, -0.25) is 15.1 Å². The van der Waals surface area contributed by atoms with Crippen molar-refractivity contribution in [3.8, 4) is 0 Å². The number of hydrogen-bond acceptors (Lipinski definition) is 6. The van der Waals surface area contributed by atoms with Crippen LogP contribution in [0.1, 0.15) is 44.2 Å². The Labute approximate surface area is 196 Å². The fourth-order valence-corrected chi connectivity index (χ4v) is 4.24. The molecule has 9 heteroatoms. The lowest BCUT2D eigenvalue weighted by molar-refractivity contribution is -0.120. The summed E-state index contributed by atoms with van der Waals surface area (Å²) < 4.78 is 5.71. The van der Waals surface area contributed by atoms with Crippen molar-refractivity contribution in [2.45, 2.75) is 57.8 Å². The van der Waals surface area contributed by atoms with Gasteiger partial charge in [-0.2, -0.15) is 0 Å². The zero-order chi connectivity index (χ0) is 23.1. The van der Waals surface area contributed by atoms with E-state index < -0.39 is 11.6 Å². The quantitative estimate of drug-likeness (QED) is 0.196. The van der Waals surface area contributed by atoms with Crippen molar-refractivity contribution < 1.29 is 9.53 Å². The van der Waals surface area contributed by atoms with Gasteiger partial charge in [-0.1, -0.05) is 38.1 Å². The molecule has 3 rings (SSSR count). The van der Waals surface area contributed by atoms with Crippen LogP contribution in [0.5, 0.6) is 0 Å². The van der Waals surface area contributed by atoms with Crippen LogP contribution >= 0.6 is 12.6 Å². The molecule has 2 heterocycles. The normalized spacial score (nSPS) is 22.2. The molecule has 1 aromatic rings. The number of hydrogen-bond donors (Lipinski definition) is 4. The molecule has 0 saturated carbocycles. The Kier molecular flexibility index (Phi) is 8.95. The van der Waals surface area contributed by atoms with Crippen LogP contribution < -0.4 is 11.1 Å². The SMILES string of the molecule is CC(C)COC(S)N=C1C(C(=N)N)NC(=O)CCN1Cc1cccc(CN2CCCC2)c1. The van der Waals surface area contributed by atoms with Crippen molar-refractivity contribution in [2.24, 2.45) is 16.6 Å². The minimum atomic E-state index is -0.796. The highest BCUT2D eigenvalue weighted by Crippen LogP contribution is 2.18. The van der Waals surface area contributed by atoms with E-state index in [2.05, 4.69) is 66.0 Å². The van der Waals surface area contributed by atoms with E-state index in [-0.39, 0.29) is 11.7 Å². The van der Waals surface area contributed by atoms with Gasteiger partial charge < -0.3 is 20.7 Å². The highest BCUT2D eigenvalue weighted by atomic mass is 32.1. The zero-order valence-electron chi connectivity index (χ0n) is 19.1. The summed E-state index contributed by atoms with van der Waals surface area (Å²) in [5, 5.41) is 10.9. The topological polar surface area (TPSA) is 107 Å². The van der Waals surface area contributed by atoms with Gasteiger partial charge in [0.25, 0.3) is 0 Å². The predicted octanol–water partition coefficient (Wildman–Crippen LogP) is 2.19. The summed E-state index contributed by atoms with van der Waals surface area (Å²) in [6, 6.07) is 7.74. The fraction of sp³-hybridized carbons (Fsp3) is 0.609. The maximum absolute atomic E-state index is 12.3. The van der Waals surface area contributed by atoms with Crippen molar-refractivity contribution >= 4 is 30.2 Å². The summed E-state index contributed by atoms with van der Waals surface area (Å²) >= 11 is 4.46. The van der Waals surface area contributed by atoms with Crippen molar-refractivity contribution in [1.82, 2.24) is 15.1 Å². The highest BCUT2D eigenvalue weighted by Gasteiger charge is 2.31. The number of nitrogens with one attached hydrogen (secondary N) is 2. The van der Waals surface area contributed by atoms with Crippen LogP contribution in [0.2, 0.25) is 0 Å². The number of nitrogens with zero attached hydrogens (tertiary/aromatic N) is 3. The molecule has 0 radical (unpaired) electrons. The number of carbonyl (C=O) groups excluding carboxylic acids is 1. The first-order valence-electron chi connectivity index (χ1n) is 11.4. The minimum absolute atomic E-state index is 0.151. The molecule has 2 fully saturated rings. The van der Waals surface area contributed by atoms with Crippen LogP contribution in [0.15, 0.2) is 29.3 Å². The smallest absolute Gasteiger partial charge is 0.222 e. The molecule has 0 spiro atoms. The Balaban J connectivity index is 1.81. The maximum Gasteiger partial charge on any atom is 0.222 e. The molecule has 2 aliphatic heterocycles. The van der Waals surface area contributed by atoms with E-state index in [1.807, 2.05) is 4.90 Å². The molecule has 0 bridgehead atoms. The van der Waals surface area contributed by atoms with E-state index in [1.165, 1.54) is 18.4 Å². The number of thiol groups is 1. The van der Waals surface area contributed by atoms with Crippen molar-refractivity contribution in [3.63, 3.8) is 0 Å². The molecule has 8 nitrogen and oxygen atoms in total. The fourth-order valence-electron chi connectivity index (χ4n) is 4.04. The number of amidine groups is 2. The van der Waals surface area contributed by atoms with E-state index in [4.69, 9.17) is 15.9 Å². The van der Waals surface area contributed by atoms with Crippen LogP contribution in [-0.2, 0) is 22.6 Å². The van der Waals surface area contributed by atoms with Gasteiger partial charge in [0.05, 0.1) is 6.61 Å². The summed E-state index contributed by atoms with van der Waals surface area (Å²) in [4.78, 5) is 21.4. The largest absolute Gasteiger partial charge is 0.386 e. The minimum Gasteiger partial charge on any atom is -0.386 e. The molecule has 1 aromatic carbocycles. The van der Waals surface area contributed by atoms with Crippen molar-refractivity contribution in [1.29, 1.82) is 5.41 Å². The number of benzene rings is 1. The number of likely N-dealkylation sites (tertiary alicyclic amines) is 1. The van der Waals surface area contributed by atoms with Gasteiger partial charge in [0, 0.05) is 26.1 Å². The number of carbonyl (C=O) groups is 1. The molecular weight excluding hydrogens is 424 g/mol. The van der Waals surface area contributed by atoms with Crippen molar-refractivity contribution in [3.05, 3.63) is 35.4 Å². The lowest BCUT2D eigenvalue weighted by Gasteiger charge is -2.29. The van der Waals surface area contributed by atoms with Gasteiger partial charge in [0.2, 0.25) is 5.91 Å². The summed E-state index contributed by atoms with van der Waals surface area (Å²) in [5.41, 5.74) is 7.56. The Morgan fingerprint density at radius 3 is 2.62 bits per heavy atom. The van der Waals surface area contributed by atoms with Crippen LogP contribution in [0.4, 0.5) is 0 Å². The van der Waals surface area contributed by atoms with Gasteiger partial charge in [0.1, 0.15) is 17.7 Å². The summed E-state index contributed by atoms with van der Waals surface area (Å²) in [6.45, 7) is 8.93. The zero-order valence-corrected chi connectivity index (χ0v) is 20.0. The number of rotatable bonds is 9. The van der Waals surface area contributed by atoms with Gasteiger partial charge in [-0.05, 0) is 43.0 Å². The summed E-state index contributed by atoms with van der Waals surface area (Å²) in [6.07, 6.45) is 2.84. The van der Waals surface area contributed by atoms with E-state index in [9.17, 15) is 4.79 Å². The molecule has 4 N–H and O–H groups in total. The van der Waals surface area contributed by atoms with E-state index >= 15 is 0 Å². The Bertz CT molecular complexity index is 824. The molecular formula is C23H36N6O2S. The lowest BCUT2D eigenvalue weighted by atomic mass is 10.1. The second-order valence-corrected chi connectivity index (χ2v) is 9.41. The first-order valence-corrected chi connectivity index (χ1v) is 11.9. The van der Waals surface area contributed by atoms with E-state index in [0.717, 1.165) is 25.2 Å². The predicted molar refractivity (Wildman–Crippen MR) is 131 cm³/mol. The third-order valence-corrected chi connectivity index (χ3v) is 5.86. The second-order valence-electron chi connectivity index (χ2n) is 8.97. The van der Waals surface area contributed by atoms with Crippen LogP contribution in [0, 0.1) is 11.3 Å². The number of aliphatic imine (C=N–C) groups is 1. The lowest BCUT2D eigenvalue weighted by Crippen LogP contribution is -2.52. The molecule has 2 aliphatic rings. The number of nitrogens with two attached hydrogens (primary N) is 1. The van der Waals surface area contributed by atoms with Crippen LogP contribution in [0.3, 0.4) is 0 Å². The summed E-state index contributed by atoms with van der Waals surface area (Å²) in [7, 11) is 0. The van der Waals surface area contributed by atoms with E-state index in [0.29, 0.717) is 37.9 Å². The average Bonchev–Trinajstić information content (AvgIpc) is 3.20. The first-order chi connectivity index (χ1) is 15.3. The Hall–Kier alpha value is -2.10. The molecule has 1 amide bonds. The number of ether oxygens (including phenoxy) is 1. The highest BCUT2D eigenvalue weighted by molar-refractivity contribution is 7.80. The standard InChI is InChI=1S/C23H36N6O2S/c1-16(2)15-31-23(32)27-22-20(21(24)25)26-19(30)8-11-29(22)14-18-7-5-6-17(12-18)13-28-9-3-4-10-28/h5-7,12,16,20,23,32H,3-4,8-11,13-15H2,1-2H3,(H3,24,25)(H,26,30). The molecule has 0 aliphatic carbocycles. The van der Waals surface area contributed by atoms with Gasteiger partial charge in [-0.25, -0.2) is 4.99 Å². The summed E-state index contributed by atoms with van der Waals surface area (Å²) in [5.74, 6) is 0.548. The Morgan fingerprint density at radius 2 is 1.97 bits per heavy atom. The molecule has 2 unspecified atom stereocenters. The van der Waals surface area contributed by atoms with Crippen LogP contribution in [0.25, 0.3) is 0 Å². The third kappa shape index (κ3) is 7.21. The molecule has 0 aromatic heterocycles. The van der Waals surface area contributed by atoms with Crippen molar-refractivity contribution in [2.75, 3.05) is 26.2 Å². The number of amides is 1. The average molecular weight is 461 g/mol. The monoisotopic (exact) mass is 460 g/mol. The Morgan fingerprint density at radius 1 is 1.28 bits per heavy atom. The third-order valence-electron chi connectivity index (χ3n) is 5.60.